The third kappa shape index (κ3) is 1.54. The van der Waals surface area contributed by atoms with E-state index in [9.17, 15) is 4.79 Å². The quantitative estimate of drug-likeness (QED) is 0.571. The summed E-state index contributed by atoms with van der Waals surface area (Å²) in [7, 11) is 0. The van der Waals surface area contributed by atoms with Crippen LogP contribution in [-0.4, -0.2) is 11.6 Å². The first kappa shape index (κ1) is 13.2. The molecule has 20 heavy (non-hydrogen) atoms. The molecule has 0 aromatic rings. The van der Waals surface area contributed by atoms with Gasteiger partial charge < -0.3 is 4.74 Å². The first-order chi connectivity index (χ1) is 9.47. The molecule has 0 aliphatic heterocycles. The van der Waals surface area contributed by atoms with Crippen molar-refractivity contribution in [3.8, 4) is 0 Å². The maximum Gasteiger partial charge on any atom is 0.312 e. The molecule has 0 heterocycles. The molecule has 4 aliphatic carbocycles. The van der Waals surface area contributed by atoms with Crippen LogP contribution in [0.2, 0.25) is 0 Å². The van der Waals surface area contributed by atoms with E-state index in [-0.39, 0.29) is 17.0 Å². The second kappa shape index (κ2) is 4.01. The summed E-state index contributed by atoms with van der Waals surface area (Å²) < 4.78 is 6.27. The SMILES string of the molecule is CCC(C)(C)C(=O)OC12CCC(C1)C1C3CCC(C3)C12. The average Bonchev–Trinajstić information content (AvgIpc) is 3.16. The molecule has 4 saturated carbocycles. The van der Waals surface area contributed by atoms with Gasteiger partial charge >= 0.3 is 5.97 Å². The molecule has 0 amide bonds. The normalized spacial score (nSPS) is 48.6. The fourth-order valence-electron chi connectivity index (χ4n) is 6.13. The Bertz CT molecular complexity index is 441. The van der Waals surface area contributed by atoms with E-state index in [1.165, 1.54) is 32.1 Å². The van der Waals surface area contributed by atoms with E-state index >= 15 is 0 Å². The molecule has 0 aromatic carbocycles. The average molecular weight is 276 g/mol. The minimum atomic E-state index is -0.317. The number of hydrogen-bond acceptors (Lipinski definition) is 2. The molecule has 6 atom stereocenters. The third-order valence-electron chi connectivity index (χ3n) is 7.41. The summed E-state index contributed by atoms with van der Waals surface area (Å²) in [6, 6.07) is 0. The van der Waals surface area contributed by atoms with Crippen LogP contribution < -0.4 is 0 Å². The van der Waals surface area contributed by atoms with Gasteiger partial charge in [-0.1, -0.05) is 6.92 Å². The van der Waals surface area contributed by atoms with Crippen molar-refractivity contribution in [1.82, 2.24) is 0 Å². The van der Waals surface area contributed by atoms with Crippen molar-refractivity contribution in [1.29, 1.82) is 0 Å². The zero-order chi connectivity index (χ0) is 14.1. The van der Waals surface area contributed by atoms with Gasteiger partial charge in [0.1, 0.15) is 5.60 Å². The summed E-state index contributed by atoms with van der Waals surface area (Å²) in [5, 5.41) is 0. The van der Waals surface area contributed by atoms with E-state index in [0.29, 0.717) is 0 Å². The smallest absolute Gasteiger partial charge is 0.312 e. The molecular weight excluding hydrogens is 248 g/mol. The van der Waals surface area contributed by atoms with Crippen molar-refractivity contribution in [2.45, 2.75) is 71.3 Å². The van der Waals surface area contributed by atoms with Gasteiger partial charge in [-0.15, -0.1) is 0 Å². The zero-order valence-electron chi connectivity index (χ0n) is 13.2. The van der Waals surface area contributed by atoms with Crippen LogP contribution in [0.3, 0.4) is 0 Å². The van der Waals surface area contributed by atoms with Crippen molar-refractivity contribution in [3.63, 3.8) is 0 Å². The second-order valence-electron chi connectivity index (χ2n) is 8.63. The number of carbonyl (C=O) groups excluding carboxylic acids is 1. The molecule has 4 rings (SSSR count). The van der Waals surface area contributed by atoms with Crippen LogP contribution in [0.1, 0.15) is 65.7 Å². The molecule has 2 heteroatoms. The van der Waals surface area contributed by atoms with E-state index in [1.54, 1.807) is 0 Å². The number of hydrogen-bond donors (Lipinski definition) is 0. The lowest BCUT2D eigenvalue weighted by molar-refractivity contribution is -0.178. The van der Waals surface area contributed by atoms with Crippen molar-refractivity contribution in [2.24, 2.45) is 35.0 Å². The number of fused-ring (bicyclic) bond motifs is 9. The summed E-state index contributed by atoms with van der Waals surface area (Å²) in [6.07, 6.45) is 8.79. The molecule has 4 bridgehead atoms. The van der Waals surface area contributed by atoms with Crippen LogP contribution >= 0.6 is 0 Å². The lowest BCUT2D eigenvalue weighted by Crippen LogP contribution is -2.46. The van der Waals surface area contributed by atoms with Crippen LogP contribution in [-0.2, 0) is 9.53 Å². The zero-order valence-corrected chi connectivity index (χ0v) is 13.2. The van der Waals surface area contributed by atoms with Crippen LogP contribution in [0.4, 0.5) is 0 Å². The van der Waals surface area contributed by atoms with Crippen molar-refractivity contribution in [2.75, 3.05) is 0 Å². The van der Waals surface area contributed by atoms with Crippen molar-refractivity contribution < 1.29 is 9.53 Å². The van der Waals surface area contributed by atoms with Gasteiger partial charge in [-0.3, -0.25) is 4.79 Å². The first-order valence-electron chi connectivity index (χ1n) is 8.70. The van der Waals surface area contributed by atoms with Gasteiger partial charge in [0.2, 0.25) is 0 Å². The predicted molar refractivity (Wildman–Crippen MR) is 78.0 cm³/mol. The maximum absolute atomic E-state index is 12.6. The Morgan fingerprint density at radius 3 is 2.70 bits per heavy atom. The van der Waals surface area contributed by atoms with E-state index in [2.05, 4.69) is 6.92 Å². The number of carbonyl (C=O) groups is 1. The largest absolute Gasteiger partial charge is 0.458 e. The topological polar surface area (TPSA) is 26.3 Å². The Kier molecular flexibility index (Phi) is 2.64. The Hall–Kier alpha value is -0.530. The molecule has 0 radical (unpaired) electrons. The molecule has 0 spiro atoms. The fraction of sp³-hybridized carbons (Fsp3) is 0.944. The van der Waals surface area contributed by atoms with E-state index in [0.717, 1.165) is 42.4 Å². The molecule has 6 unspecified atom stereocenters. The summed E-state index contributed by atoms with van der Waals surface area (Å²) in [4.78, 5) is 12.6. The number of rotatable bonds is 3. The summed E-state index contributed by atoms with van der Waals surface area (Å²) >= 11 is 0. The van der Waals surface area contributed by atoms with Crippen LogP contribution in [0.5, 0.6) is 0 Å². The lowest BCUT2D eigenvalue weighted by atomic mass is 9.69. The Labute approximate surface area is 122 Å². The van der Waals surface area contributed by atoms with Gasteiger partial charge in [-0.05, 0) is 82.5 Å². The lowest BCUT2D eigenvalue weighted by Gasteiger charge is -2.42. The summed E-state index contributed by atoms with van der Waals surface area (Å²) in [5.74, 6) is 4.39. The molecule has 0 N–H and O–H groups in total. The predicted octanol–water partition coefficient (Wildman–Crippen LogP) is 4.18. The summed E-state index contributed by atoms with van der Waals surface area (Å²) in [5.41, 5.74) is -0.374. The molecule has 0 aromatic heterocycles. The van der Waals surface area contributed by atoms with Gasteiger partial charge in [0.25, 0.3) is 0 Å². The van der Waals surface area contributed by atoms with Gasteiger partial charge in [0, 0.05) is 5.92 Å². The van der Waals surface area contributed by atoms with Crippen LogP contribution in [0, 0.1) is 35.0 Å². The Morgan fingerprint density at radius 2 is 1.95 bits per heavy atom. The molecule has 4 fully saturated rings. The van der Waals surface area contributed by atoms with Crippen molar-refractivity contribution >= 4 is 5.97 Å². The summed E-state index contributed by atoms with van der Waals surface area (Å²) in [6.45, 7) is 6.16. The second-order valence-corrected chi connectivity index (χ2v) is 8.63. The van der Waals surface area contributed by atoms with Gasteiger partial charge in [0.15, 0.2) is 0 Å². The van der Waals surface area contributed by atoms with E-state index in [4.69, 9.17) is 4.74 Å². The maximum atomic E-state index is 12.6. The van der Waals surface area contributed by atoms with Crippen LogP contribution in [0.15, 0.2) is 0 Å². The van der Waals surface area contributed by atoms with Gasteiger partial charge in [0.05, 0.1) is 5.41 Å². The Morgan fingerprint density at radius 1 is 1.20 bits per heavy atom. The Balaban J connectivity index is 1.60. The fourth-order valence-corrected chi connectivity index (χ4v) is 6.13. The number of ether oxygens (including phenoxy) is 1. The molecule has 4 aliphatic rings. The highest BCUT2D eigenvalue weighted by Gasteiger charge is 2.68. The third-order valence-corrected chi connectivity index (χ3v) is 7.41. The van der Waals surface area contributed by atoms with Gasteiger partial charge in [-0.2, -0.15) is 0 Å². The molecular formula is C18H28O2. The molecule has 112 valence electrons. The monoisotopic (exact) mass is 276 g/mol. The molecule has 2 nitrogen and oxygen atoms in total. The highest BCUT2D eigenvalue weighted by molar-refractivity contribution is 5.76. The molecule has 0 saturated heterocycles. The highest BCUT2D eigenvalue weighted by atomic mass is 16.6. The van der Waals surface area contributed by atoms with E-state index in [1.807, 2.05) is 13.8 Å². The van der Waals surface area contributed by atoms with Crippen LogP contribution in [0.25, 0.3) is 0 Å². The number of esters is 1. The minimum Gasteiger partial charge on any atom is -0.458 e. The van der Waals surface area contributed by atoms with Gasteiger partial charge in [-0.25, -0.2) is 0 Å². The standard InChI is InChI=1S/C18H28O2/c1-4-17(2,3)16(19)20-18-8-7-13(10-18)14-11-5-6-12(9-11)15(14)18/h11-15H,4-10H2,1-3H3. The minimum absolute atomic E-state index is 0.0569. The highest BCUT2D eigenvalue weighted by Crippen LogP contribution is 2.70. The van der Waals surface area contributed by atoms with Crippen molar-refractivity contribution in [3.05, 3.63) is 0 Å². The first-order valence-corrected chi connectivity index (χ1v) is 8.70. The van der Waals surface area contributed by atoms with E-state index < -0.39 is 0 Å².